The predicted octanol–water partition coefficient (Wildman–Crippen LogP) is 4.45. The van der Waals surface area contributed by atoms with Crippen LogP contribution in [0.2, 0.25) is 0 Å². The van der Waals surface area contributed by atoms with Gasteiger partial charge in [-0.25, -0.2) is 9.37 Å². The number of hydrogen-bond acceptors (Lipinski definition) is 4. The van der Waals surface area contributed by atoms with Gasteiger partial charge in [-0.1, -0.05) is 12.1 Å². The van der Waals surface area contributed by atoms with E-state index in [0.717, 1.165) is 10.0 Å². The van der Waals surface area contributed by atoms with E-state index in [4.69, 9.17) is 4.74 Å². The lowest BCUT2D eigenvalue weighted by molar-refractivity contribution is 0.0878. The molecule has 1 aliphatic rings. The highest BCUT2D eigenvalue weighted by molar-refractivity contribution is 9.10. The van der Waals surface area contributed by atoms with Crippen molar-refractivity contribution in [2.45, 2.75) is 25.8 Å². The maximum Gasteiger partial charge on any atom is 0.270 e. The maximum absolute atomic E-state index is 14.5. The average Bonchev–Trinajstić information content (AvgIpc) is 2.72. The Bertz CT molecular complexity index is 1110. The van der Waals surface area contributed by atoms with E-state index in [2.05, 4.69) is 31.2 Å². The minimum absolute atomic E-state index is 0.279. The molecular formula is C22H19BrFN3O2. The number of pyridine rings is 2. The van der Waals surface area contributed by atoms with Crippen LogP contribution in [-0.4, -0.2) is 22.5 Å². The van der Waals surface area contributed by atoms with Crippen LogP contribution in [0.4, 0.5) is 4.39 Å². The number of hydrogen-bond donors (Lipinski definition) is 1. The Morgan fingerprint density at radius 3 is 2.79 bits per heavy atom. The third-order valence-electron chi connectivity index (χ3n) is 5.18. The van der Waals surface area contributed by atoms with Crippen molar-refractivity contribution in [3.05, 3.63) is 87.2 Å². The quantitative estimate of drug-likeness (QED) is 0.633. The van der Waals surface area contributed by atoms with Crippen LogP contribution in [0.3, 0.4) is 0 Å². The first kappa shape index (κ1) is 19.5. The van der Waals surface area contributed by atoms with Crippen molar-refractivity contribution in [3.8, 4) is 5.75 Å². The summed E-state index contributed by atoms with van der Waals surface area (Å²) in [5.74, 6) is -0.127. The second-order valence-corrected chi connectivity index (χ2v) is 7.95. The molecule has 1 aliphatic heterocycles. The van der Waals surface area contributed by atoms with Gasteiger partial charge in [-0.2, -0.15) is 0 Å². The topological polar surface area (TPSA) is 64.1 Å². The fourth-order valence-electron chi connectivity index (χ4n) is 3.51. The van der Waals surface area contributed by atoms with Gasteiger partial charge < -0.3 is 10.1 Å². The minimum atomic E-state index is -1.02. The number of carbonyl (C=O) groups is 1. The van der Waals surface area contributed by atoms with Crippen LogP contribution >= 0.6 is 15.9 Å². The molecule has 7 heteroatoms. The Morgan fingerprint density at radius 1 is 1.21 bits per heavy atom. The van der Waals surface area contributed by atoms with Crippen LogP contribution < -0.4 is 10.1 Å². The molecule has 3 aromatic rings. The lowest BCUT2D eigenvalue weighted by Gasteiger charge is -2.39. The standard InChI is InChI=1S/C22H19BrFN3O2/c1-13-5-6-15(11-17(13)24)22(7-9-29-19-4-3-8-25-20(19)22)27-21(28)18-10-14(2)16(23)12-26-18/h3-6,8,10-12H,7,9H2,1-2H3,(H,27,28)/t22-/m0/s1. The number of rotatable bonds is 3. The first-order valence-corrected chi connectivity index (χ1v) is 9.99. The zero-order valence-corrected chi connectivity index (χ0v) is 17.6. The number of amides is 1. The van der Waals surface area contributed by atoms with Gasteiger partial charge in [0.2, 0.25) is 0 Å². The summed E-state index contributed by atoms with van der Waals surface area (Å²) in [6.07, 6.45) is 3.65. The van der Waals surface area contributed by atoms with Gasteiger partial charge in [0, 0.05) is 23.3 Å². The molecule has 0 aliphatic carbocycles. The number of fused-ring (bicyclic) bond motifs is 1. The Morgan fingerprint density at radius 2 is 2.03 bits per heavy atom. The smallest absolute Gasteiger partial charge is 0.270 e. The molecule has 0 unspecified atom stereocenters. The molecule has 1 N–H and O–H groups in total. The number of benzene rings is 1. The highest BCUT2D eigenvalue weighted by Crippen LogP contribution is 2.41. The summed E-state index contributed by atoms with van der Waals surface area (Å²) in [7, 11) is 0. The van der Waals surface area contributed by atoms with Crippen molar-refractivity contribution in [2.24, 2.45) is 0 Å². The lowest BCUT2D eigenvalue weighted by atomic mass is 9.81. The van der Waals surface area contributed by atoms with Crippen LogP contribution in [0.15, 0.2) is 53.3 Å². The van der Waals surface area contributed by atoms with E-state index in [9.17, 15) is 9.18 Å². The molecule has 5 nitrogen and oxygen atoms in total. The molecule has 0 spiro atoms. The minimum Gasteiger partial charge on any atom is -0.491 e. The molecule has 148 valence electrons. The molecule has 0 saturated carbocycles. The zero-order chi connectivity index (χ0) is 20.6. The SMILES string of the molecule is Cc1ccc([C@@]2(NC(=O)c3cc(C)c(Br)cn3)CCOc3cccnc32)cc1F. The number of aromatic nitrogens is 2. The van der Waals surface area contributed by atoms with Gasteiger partial charge in [-0.3, -0.25) is 9.78 Å². The first-order valence-electron chi connectivity index (χ1n) is 9.20. The molecule has 2 aromatic heterocycles. The zero-order valence-electron chi connectivity index (χ0n) is 16.0. The molecule has 1 atom stereocenters. The largest absolute Gasteiger partial charge is 0.491 e. The number of aryl methyl sites for hydroxylation is 2. The Kier molecular flexibility index (Phi) is 5.08. The van der Waals surface area contributed by atoms with Crippen LogP contribution in [0.5, 0.6) is 5.75 Å². The summed E-state index contributed by atoms with van der Waals surface area (Å²) in [5, 5.41) is 3.09. The highest BCUT2D eigenvalue weighted by atomic mass is 79.9. The van der Waals surface area contributed by atoms with Crippen molar-refractivity contribution >= 4 is 21.8 Å². The van der Waals surface area contributed by atoms with Crippen LogP contribution in [-0.2, 0) is 5.54 Å². The number of ether oxygens (including phenoxy) is 1. The maximum atomic E-state index is 14.5. The summed E-state index contributed by atoms with van der Waals surface area (Å²) in [5.41, 5.74) is 1.85. The van der Waals surface area contributed by atoms with E-state index >= 15 is 0 Å². The van der Waals surface area contributed by atoms with Gasteiger partial charge in [-0.05, 0) is 70.7 Å². The van der Waals surface area contributed by atoms with Gasteiger partial charge in [0.05, 0.1) is 6.61 Å². The van der Waals surface area contributed by atoms with Crippen molar-refractivity contribution in [3.63, 3.8) is 0 Å². The number of carbonyl (C=O) groups excluding carboxylic acids is 1. The molecule has 0 bridgehead atoms. The molecule has 0 saturated heterocycles. The number of halogens is 2. The normalized spacial score (nSPS) is 17.9. The molecular weight excluding hydrogens is 437 g/mol. The summed E-state index contributed by atoms with van der Waals surface area (Å²) in [6.45, 7) is 3.95. The predicted molar refractivity (Wildman–Crippen MR) is 110 cm³/mol. The summed E-state index contributed by atoms with van der Waals surface area (Å²) >= 11 is 3.40. The second kappa shape index (κ2) is 7.55. The van der Waals surface area contributed by atoms with E-state index in [1.165, 1.54) is 6.07 Å². The molecule has 0 fully saturated rings. The molecule has 0 radical (unpaired) electrons. The van der Waals surface area contributed by atoms with Crippen molar-refractivity contribution in [2.75, 3.05) is 6.61 Å². The third-order valence-corrected chi connectivity index (χ3v) is 6.01. The average molecular weight is 456 g/mol. The van der Waals surface area contributed by atoms with E-state index in [1.807, 2.05) is 13.0 Å². The number of nitrogens with one attached hydrogen (secondary N) is 1. The highest BCUT2D eigenvalue weighted by Gasteiger charge is 2.43. The van der Waals surface area contributed by atoms with Crippen molar-refractivity contribution in [1.82, 2.24) is 15.3 Å². The van der Waals surface area contributed by atoms with Gasteiger partial charge in [0.15, 0.2) is 0 Å². The molecule has 4 rings (SSSR count). The fraction of sp³-hybridized carbons (Fsp3) is 0.227. The van der Waals surface area contributed by atoms with Crippen LogP contribution in [0.1, 0.15) is 39.3 Å². The van der Waals surface area contributed by atoms with Crippen LogP contribution in [0.25, 0.3) is 0 Å². The molecule has 29 heavy (non-hydrogen) atoms. The summed E-state index contributed by atoms with van der Waals surface area (Å²) in [4.78, 5) is 21.9. The van der Waals surface area contributed by atoms with E-state index in [0.29, 0.717) is 35.6 Å². The molecule has 1 amide bonds. The Hall–Kier alpha value is -2.80. The fourth-order valence-corrected chi connectivity index (χ4v) is 3.73. The van der Waals surface area contributed by atoms with Gasteiger partial charge in [-0.15, -0.1) is 0 Å². The van der Waals surface area contributed by atoms with Gasteiger partial charge in [0.1, 0.15) is 28.5 Å². The van der Waals surface area contributed by atoms with E-state index < -0.39 is 5.54 Å². The first-order chi connectivity index (χ1) is 13.9. The second-order valence-electron chi connectivity index (χ2n) is 7.09. The monoisotopic (exact) mass is 455 g/mol. The summed E-state index contributed by atoms with van der Waals surface area (Å²) < 4.78 is 21.0. The van der Waals surface area contributed by atoms with Gasteiger partial charge >= 0.3 is 0 Å². The molecule has 3 heterocycles. The van der Waals surface area contributed by atoms with E-state index in [1.54, 1.807) is 43.6 Å². The van der Waals surface area contributed by atoms with E-state index in [-0.39, 0.29) is 17.4 Å². The van der Waals surface area contributed by atoms with Crippen molar-refractivity contribution < 1.29 is 13.9 Å². The van der Waals surface area contributed by atoms with Gasteiger partial charge in [0.25, 0.3) is 5.91 Å². The third kappa shape index (κ3) is 3.51. The summed E-state index contributed by atoms with van der Waals surface area (Å²) in [6, 6.07) is 10.3. The molecule has 1 aromatic carbocycles. The number of nitrogens with zero attached hydrogens (tertiary/aromatic N) is 2. The Labute approximate surface area is 176 Å². The lowest BCUT2D eigenvalue weighted by Crippen LogP contribution is -2.50. The Balaban J connectivity index is 1.84. The van der Waals surface area contributed by atoms with Crippen molar-refractivity contribution in [1.29, 1.82) is 0 Å². The van der Waals surface area contributed by atoms with Crippen LogP contribution in [0, 0.1) is 19.7 Å².